The van der Waals surface area contributed by atoms with Crippen molar-refractivity contribution in [2.45, 2.75) is 25.7 Å². The normalized spacial score (nSPS) is 20.6. The Balaban J connectivity index is 2.43. The zero-order valence-electron chi connectivity index (χ0n) is 8.25. The second-order valence-corrected chi connectivity index (χ2v) is 4.10. The van der Waals surface area contributed by atoms with Crippen LogP contribution in [0.1, 0.15) is 25.7 Å². The van der Waals surface area contributed by atoms with Gasteiger partial charge >= 0.3 is 5.97 Å². The maximum Gasteiger partial charge on any atom is 0.306 e. The molecule has 3 nitrogen and oxygen atoms in total. The van der Waals surface area contributed by atoms with Crippen LogP contribution in [0, 0.1) is 11.8 Å². The molecule has 0 bridgehead atoms. The summed E-state index contributed by atoms with van der Waals surface area (Å²) in [5.41, 5.74) is 0. The minimum Gasteiger partial charge on any atom is -0.481 e. The molecule has 0 saturated carbocycles. The Morgan fingerprint density at radius 3 is 2.64 bits per heavy atom. The largest absolute Gasteiger partial charge is 0.481 e. The first-order valence-electron chi connectivity index (χ1n) is 5.12. The van der Waals surface area contributed by atoms with Crippen molar-refractivity contribution in [1.82, 2.24) is 0 Å². The molecular formula is C10H17ClO3. The average molecular weight is 221 g/mol. The van der Waals surface area contributed by atoms with E-state index in [1.54, 1.807) is 0 Å². The molecule has 14 heavy (non-hydrogen) atoms. The first kappa shape index (κ1) is 11.8. The lowest BCUT2D eigenvalue weighted by atomic mass is 9.83. The molecule has 0 aromatic heterocycles. The van der Waals surface area contributed by atoms with E-state index in [4.69, 9.17) is 21.4 Å². The molecule has 1 unspecified atom stereocenters. The van der Waals surface area contributed by atoms with E-state index in [-0.39, 0.29) is 11.8 Å². The van der Waals surface area contributed by atoms with Gasteiger partial charge in [-0.2, -0.15) is 0 Å². The van der Waals surface area contributed by atoms with Crippen molar-refractivity contribution in [3.8, 4) is 0 Å². The predicted octanol–water partition coefficient (Wildman–Crippen LogP) is 2.13. The standard InChI is InChI=1S/C10H17ClO3/c11-5-1-2-9(10(12)13)8-3-6-14-7-4-8/h8-9H,1-7H2,(H,12,13). The Labute approximate surface area is 89.4 Å². The van der Waals surface area contributed by atoms with Crippen molar-refractivity contribution >= 4 is 17.6 Å². The second kappa shape index (κ2) is 6.25. The maximum atomic E-state index is 11.0. The number of alkyl halides is 1. The van der Waals surface area contributed by atoms with Crippen LogP contribution in [0.5, 0.6) is 0 Å². The summed E-state index contributed by atoms with van der Waals surface area (Å²) < 4.78 is 5.22. The van der Waals surface area contributed by atoms with Crippen LogP contribution in [0.3, 0.4) is 0 Å². The van der Waals surface area contributed by atoms with E-state index in [2.05, 4.69) is 0 Å². The highest BCUT2D eigenvalue weighted by Gasteiger charge is 2.28. The molecule has 1 aliphatic rings. The highest BCUT2D eigenvalue weighted by Crippen LogP contribution is 2.27. The molecule has 1 N–H and O–H groups in total. The molecule has 1 atom stereocenters. The molecule has 4 heteroatoms. The van der Waals surface area contributed by atoms with E-state index in [1.165, 1.54) is 0 Å². The molecule has 0 aliphatic carbocycles. The molecule has 0 radical (unpaired) electrons. The van der Waals surface area contributed by atoms with Crippen molar-refractivity contribution in [3.05, 3.63) is 0 Å². The van der Waals surface area contributed by atoms with Gasteiger partial charge < -0.3 is 9.84 Å². The topological polar surface area (TPSA) is 46.5 Å². The highest BCUT2D eigenvalue weighted by molar-refractivity contribution is 6.17. The number of hydrogen-bond donors (Lipinski definition) is 1. The molecule has 0 amide bonds. The Morgan fingerprint density at radius 2 is 2.14 bits per heavy atom. The molecule has 1 aliphatic heterocycles. The lowest BCUT2D eigenvalue weighted by Gasteiger charge is -2.27. The van der Waals surface area contributed by atoms with Crippen molar-refractivity contribution in [2.75, 3.05) is 19.1 Å². The number of hydrogen-bond acceptors (Lipinski definition) is 2. The monoisotopic (exact) mass is 220 g/mol. The van der Waals surface area contributed by atoms with Gasteiger partial charge in [-0.05, 0) is 31.6 Å². The van der Waals surface area contributed by atoms with E-state index < -0.39 is 5.97 Å². The zero-order valence-corrected chi connectivity index (χ0v) is 9.00. The maximum absolute atomic E-state index is 11.0. The number of carboxylic acids is 1. The molecule has 1 fully saturated rings. The van der Waals surface area contributed by atoms with E-state index in [1.807, 2.05) is 0 Å². The third-order valence-electron chi connectivity index (χ3n) is 2.80. The lowest BCUT2D eigenvalue weighted by Crippen LogP contribution is -2.29. The summed E-state index contributed by atoms with van der Waals surface area (Å²) in [5.74, 6) is -0.0726. The van der Waals surface area contributed by atoms with Crippen molar-refractivity contribution in [3.63, 3.8) is 0 Å². The molecule has 1 heterocycles. The van der Waals surface area contributed by atoms with Gasteiger partial charge in [-0.15, -0.1) is 11.6 Å². The highest BCUT2D eigenvalue weighted by atomic mass is 35.5. The van der Waals surface area contributed by atoms with Crippen LogP contribution >= 0.6 is 11.6 Å². The number of rotatable bonds is 5. The zero-order chi connectivity index (χ0) is 10.4. The summed E-state index contributed by atoms with van der Waals surface area (Å²) in [6.45, 7) is 1.41. The van der Waals surface area contributed by atoms with Crippen molar-refractivity contribution in [2.24, 2.45) is 11.8 Å². The molecule has 1 saturated heterocycles. The number of ether oxygens (including phenoxy) is 1. The lowest BCUT2D eigenvalue weighted by molar-refractivity contribution is -0.145. The summed E-state index contributed by atoms with van der Waals surface area (Å²) in [7, 11) is 0. The number of carbonyl (C=O) groups is 1. The van der Waals surface area contributed by atoms with Crippen molar-refractivity contribution < 1.29 is 14.6 Å². The summed E-state index contributed by atoms with van der Waals surface area (Å²) in [5, 5.41) is 9.07. The summed E-state index contributed by atoms with van der Waals surface area (Å²) in [6, 6.07) is 0. The molecule has 1 rings (SSSR count). The first-order chi connectivity index (χ1) is 6.75. The van der Waals surface area contributed by atoms with Crippen LogP contribution in [-0.2, 0) is 9.53 Å². The van der Waals surface area contributed by atoms with Gasteiger partial charge in [0.2, 0.25) is 0 Å². The number of halogens is 1. The summed E-state index contributed by atoms with van der Waals surface area (Å²) >= 11 is 5.57. The Morgan fingerprint density at radius 1 is 1.50 bits per heavy atom. The molecule has 0 aromatic rings. The fourth-order valence-corrected chi connectivity index (χ4v) is 2.13. The van der Waals surface area contributed by atoms with E-state index in [0.717, 1.165) is 19.3 Å². The van der Waals surface area contributed by atoms with Crippen LogP contribution in [0.4, 0.5) is 0 Å². The van der Waals surface area contributed by atoms with Gasteiger partial charge in [-0.3, -0.25) is 4.79 Å². The minimum absolute atomic E-state index is 0.224. The summed E-state index contributed by atoms with van der Waals surface area (Å²) in [4.78, 5) is 11.0. The number of carboxylic acid groups (broad SMARTS) is 1. The quantitative estimate of drug-likeness (QED) is 0.722. The van der Waals surface area contributed by atoms with Gasteiger partial charge in [0.1, 0.15) is 0 Å². The van der Waals surface area contributed by atoms with E-state index in [0.29, 0.717) is 25.5 Å². The predicted molar refractivity (Wildman–Crippen MR) is 54.6 cm³/mol. The summed E-state index contributed by atoms with van der Waals surface area (Å²) in [6.07, 6.45) is 3.23. The van der Waals surface area contributed by atoms with Crippen LogP contribution < -0.4 is 0 Å². The van der Waals surface area contributed by atoms with Gasteiger partial charge in [0, 0.05) is 19.1 Å². The molecule has 0 spiro atoms. The Hall–Kier alpha value is -0.280. The van der Waals surface area contributed by atoms with Gasteiger partial charge in [0.05, 0.1) is 5.92 Å². The van der Waals surface area contributed by atoms with Crippen LogP contribution in [0.2, 0.25) is 0 Å². The van der Waals surface area contributed by atoms with Gasteiger partial charge in [-0.1, -0.05) is 0 Å². The first-order valence-corrected chi connectivity index (χ1v) is 5.65. The molecule has 82 valence electrons. The van der Waals surface area contributed by atoms with E-state index >= 15 is 0 Å². The van der Waals surface area contributed by atoms with Gasteiger partial charge in [-0.25, -0.2) is 0 Å². The fourth-order valence-electron chi connectivity index (χ4n) is 1.98. The second-order valence-electron chi connectivity index (χ2n) is 3.73. The van der Waals surface area contributed by atoms with Crippen LogP contribution in [-0.4, -0.2) is 30.2 Å². The third kappa shape index (κ3) is 3.46. The smallest absolute Gasteiger partial charge is 0.306 e. The Bertz CT molecular complexity index is 178. The fraction of sp³-hybridized carbons (Fsp3) is 0.900. The minimum atomic E-state index is -0.679. The molecular weight excluding hydrogens is 204 g/mol. The third-order valence-corrected chi connectivity index (χ3v) is 3.07. The Kier molecular flexibility index (Phi) is 5.26. The van der Waals surface area contributed by atoms with Gasteiger partial charge in [0.25, 0.3) is 0 Å². The molecule has 0 aromatic carbocycles. The average Bonchev–Trinajstić information content (AvgIpc) is 2.19. The van der Waals surface area contributed by atoms with Crippen LogP contribution in [0.15, 0.2) is 0 Å². The SMILES string of the molecule is O=C(O)C(CCCCl)C1CCOCC1. The van der Waals surface area contributed by atoms with Crippen LogP contribution in [0.25, 0.3) is 0 Å². The number of aliphatic carboxylic acids is 1. The van der Waals surface area contributed by atoms with Crippen molar-refractivity contribution in [1.29, 1.82) is 0 Å². The van der Waals surface area contributed by atoms with Gasteiger partial charge in [0.15, 0.2) is 0 Å². The van der Waals surface area contributed by atoms with E-state index in [9.17, 15) is 4.79 Å².